The molecule has 2 N–H and O–H groups in total. The summed E-state index contributed by atoms with van der Waals surface area (Å²) < 4.78 is 5.20. The van der Waals surface area contributed by atoms with Crippen molar-refractivity contribution in [3.8, 4) is 5.75 Å². The van der Waals surface area contributed by atoms with E-state index < -0.39 is 0 Å². The summed E-state index contributed by atoms with van der Waals surface area (Å²) in [5.41, 5.74) is 2.18. The second kappa shape index (κ2) is 11.5. The molecule has 0 saturated carbocycles. The van der Waals surface area contributed by atoms with Crippen LogP contribution in [0.25, 0.3) is 0 Å². The Morgan fingerprint density at radius 2 is 1.84 bits per heavy atom. The summed E-state index contributed by atoms with van der Waals surface area (Å²) in [4.78, 5) is 26.9. The molecule has 3 rings (SSSR count). The number of nitrogens with one attached hydrogen (secondary N) is 2. The summed E-state index contributed by atoms with van der Waals surface area (Å²) in [6.07, 6.45) is 3.67. The number of nitrogens with zero attached hydrogens (tertiary/aromatic N) is 1. The van der Waals surface area contributed by atoms with E-state index in [2.05, 4.69) is 39.8 Å². The summed E-state index contributed by atoms with van der Waals surface area (Å²) in [5.74, 6) is 0.528. The average molecular weight is 424 g/mol. The van der Waals surface area contributed by atoms with Crippen molar-refractivity contribution in [1.82, 2.24) is 15.5 Å². The van der Waals surface area contributed by atoms with Gasteiger partial charge in [0, 0.05) is 26.1 Å². The fourth-order valence-electron chi connectivity index (χ4n) is 4.14. The van der Waals surface area contributed by atoms with Crippen LogP contribution in [0.15, 0.2) is 54.6 Å². The Kier molecular flexibility index (Phi) is 8.47. The fourth-order valence-corrected chi connectivity index (χ4v) is 4.14. The zero-order valence-electron chi connectivity index (χ0n) is 18.5. The largest absolute Gasteiger partial charge is 0.497 e. The van der Waals surface area contributed by atoms with Crippen LogP contribution in [0.1, 0.15) is 49.8 Å². The van der Waals surface area contributed by atoms with Crippen LogP contribution in [0.5, 0.6) is 5.75 Å². The van der Waals surface area contributed by atoms with Gasteiger partial charge in [-0.05, 0) is 42.6 Å². The second-order valence-electron chi connectivity index (χ2n) is 8.14. The van der Waals surface area contributed by atoms with Crippen molar-refractivity contribution in [2.24, 2.45) is 0 Å². The molecule has 1 fully saturated rings. The summed E-state index contributed by atoms with van der Waals surface area (Å²) in [6.45, 7) is 4.05. The molecule has 6 nitrogen and oxygen atoms in total. The third-order valence-electron chi connectivity index (χ3n) is 5.80. The Balaban J connectivity index is 1.57. The van der Waals surface area contributed by atoms with E-state index in [0.717, 1.165) is 30.8 Å². The molecule has 1 aliphatic heterocycles. The highest BCUT2D eigenvalue weighted by molar-refractivity contribution is 5.79. The van der Waals surface area contributed by atoms with Crippen LogP contribution in [0.4, 0.5) is 0 Å². The van der Waals surface area contributed by atoms with E-state index in [9.17, 15) is 9.59 Å². The highest BCUT2D eigenvalue weighted by Crippen LogP contribution is 2.22. The molecular formula is C25H33N3O3. The van der Waals surface area contributed by atoms with Crippen LogP contribution in [-0.4, -0.2) is 43.0 Å². The minimum atomic E-state index is -0.366. The molecule has 1 aliphatic rings. The van der Waals surface area contributed by atoms with E-state index in [0.29, 0.717) is 12.6 Å². The van der Waals surface area contributed by atoms with Crippen LogP contribution >= 0.6 is 0 Å². The third kappa shape index (κ3) is 7.10. The van der Waals surface area contributed by atoms with E-state index in [-0.39, 0.29) is 24.3 Å². The van der Waals surface area contributed by atoms with Crippen molar-refractivity contribution < 1.29 is 14.3 Å². The molecule has 166 valence electrons. The quantitative estimate of drug-likeness (QED) is 0.648. The van der Waals surface area contributed by atoms with Gasteiger partial charge in [0.2, 0.25) is 11.8 Å². The lowest BCUT2D eigenvalue weighted by Gasteiger charge is -2.36. The zero-order chi connectivity index (χ0) is 22.1. The van der Waals surface area contributed by atoms with Gasteiger partial charge in [-0.2, -0.15) is 0 Å². The number of hydrogen-bond acceptors (Lipinski definition) is 4. The van der Waals surface area contributed by atoms with Gasteiger partial charge in [-0.25, -0.2) is 0 Å². The first-order valence-electron chi connectivity index (χ1n) is 11.0. The number of piperidine rings is 1. The summed E-state index contributed by atoms with van der Waals surface area (Å²) in [6, 6.07) is 17.9. The molecule has 0 aromatic heterocycles. The molecule has 2 aromatic rings. The first kappa shape index (κ1) is 22.8. The maximum absolute atomic E-state index is 12.7. The van der Waals surface area contributed by atoms with Gasteiger partial charge in [0.25, 0.3) is 0 Å². The van der Waals surface area contributed by atoms with Gasteiger partial charge in [0.05, 0.1) is 19.6 Å². The molecule has 6 heteroatoms. The van der Waals surface area contributed by atoms with Crippen LogP contribution in [0.3, 0.4) is 0 Å². The Morgan fingerprint density at radius 1 is 1.10 bits per heavy atom. The summed E-state index contributed by atoms with van der Waals surface area (Å²) in [5, 5.41) is 6.00. The number of carbonyl (C=O) groups excluding carboxylic acids is 2. The number of ether oxygens (including phenoxy) is 1. The normalized spacial score (nSPS) is 17.5. The fraction of sp³-hybridized carbons (Fsp3) is 0.440. The second-order valence-corrected chi connectivity index (χ2v) is 8.14. The third-order valence-corrected chi connectivity index (χ3v) is 5.80. The maximum atomic E-state index is 12.7. The van der Waals surface area contributed by atoms with E-state index in [1.807, 2.05) is 30.3 Å². The van der Waals surface area contributed by atoms with Gasteiger partial charge in [0.1, 0.15) is 5.75 Å². The number of amides is 2. The van der Waals surface area contributed by atoms with Crippen molar-refractivity contribution in [2.45, 2.75) is 51.2 Å². The predicted molar refractivity (Wildman–Crippen MR) is 122 cm³/mol. The first-order valence-corrected chi connectivity index (χ1v) is 11.0. The Morgan fingerprint density at radius 3 is 2.52 bits per heavy atom. The average Bonchev–Trinajstić information content (AvgIpc) is 2.78. The lowest BCUT2D eigenvalue weighted by molar-refractivity contribution is -0.123. The number of methoxy groups -OCH3 is 1. The summed E-state index contributed by atoms with van der Waals surface area (Å²) >= 11 is 0. The number of likely N-dealkylation sites (tertiary alicyclic amines) is 1. The minimum absolute atomic E-state index is 0.0557. The van der Waals surface area contributed by atoms with Crippen molar-refractivity contribution in [1.29, 1.82) is 0 Å². The molecule has 0 aliphatic carbocycles. The molecule has 2 amide bonds. The standard InChI is InChI=1S/C25H33N3O3/c1-19(29)27-24(21-11-13-23(31-2)14-12-21)16-25(30)26-17-22-10-6-7-15-28(22)18-20-8-4-3-5-9-20/h3-5,8-9,11-14,22,24H,6-7,10,15-18H2,1-2H3,(H,26,30)(H,27,29). The molecule has 0 bridgehead atoms. The van der Waals surface area contributed by atoms with Gasteiger partial charge in [-0.15, -0.1) is 0 Å². The monoisotopic (exact) mass is 423 g/mol. The molecule has 2 aromatic carbocycles. The molecule has 31 heavy (non-hydrogen) atoms. The van der Waals surface area contributed by atoms with Crippen molar-refractivity contribution in [2.75, 3.05) is 20.2 Å². The lowest BCUT2D eigenvalue weighted by Crippen LogP contribution is -2.46. The van der Waals surface area contributed by atoms with Crippen LogP contribution in [0, 0.1) is 0 Å². The van der Waals surface area contributed by atoms with E-state index in [1.165, 1.54) is 25.3 Å². The molecule has 2 unspecified atom stereocenters. The zero-order valence-corrected chi connectivity index (χ0v) is 18.5. The lowest BCUT2D eigenvalue weighted by atomic mass is 10.00. The van der Waals surface area contributed by atoms with Gasteiger partial charge in [-0.3, -0.25) is 14.5 Å². The number of benzene rings is 2. The first-order chi connectivity index (χ1) is 15.0. The Hall–Kier alpha value is -2.86. The number of hydrogen-bond donors (Lipinski definition) is 2. The number of rotatable bonds is 9. The topological polar surface area (TPSA) is 70.7 Å². The minimum Gasteiger partial charge on any atom is -0.497 e. The molecule has 1 saturated heterocycles. The van der Waals surface area contributed by atoms with E-state index in [4.69, 9.17) is 4.74 Å². The van der Waals surface area contributed by atoms with Crippen LogP contribution in [0.2, 0.25) is 0 Å². The van der Waals surface area contributed by atoms with E-state index >= 15 is 0 Å². The maximum Gasteiger partial charge on any atom is 0.222 e. The van der Waals surface area contributed by atoms with Gasteiger partial charge in [0.15, 0.2) is 0 Å². The van der Waals surface area contributed by atoms with Crippen molar-refractivity contribution in [3.63, 3.8) is 0 Å². The molecule has 0 radical (unpaired) electrons. The highest BCUT2D eigenvalue weighted by atomic mass is 16.5. The molecule has 2 atom stereocenters. The van der Waals surface area contributed by atoms with Gasteiger partial charge < -0.3 is 15.4 Å². The van der Waals surface area contributed by atoms with Gasteiger partial charge >= 0.3 is 0 Å². The van der Waals surface area contributed by atoms with Gasteiger partial charge in [-0.1, -0.05) is 48.9 Å². The smallest absolute Gasteiger partial charge is 0.222 e. The highest BCUT2D eigenvalue weighted by Gasteiger charge is 2.24. The van der Waals surface area contributed by atoms with E-state index in [1.54, 1.807) is 7.11 Å². The Bertz CT molecular complexity index is 839. The SMILES string of the molecule is COc1ccc(C(CC(=O)NCC2CCCCN2Cc2ccccc2)NC(C)=O)cc1. The molecular weight excluding hydrogens is 390 g/mol. The van der Waals surface area contributed by atoms with Crippen molar-refractivity contribution in [3.05, 3.63) is 65.7 Å². The molecule has 1 heterocycles. The number of carbonyl (C=O) groups is 2. The molecule has 0 spiro atoms. The van der Waals surface area contributed by atoms with Crippen LogP contribution in [-0.2, 0) is 16.1 Å². The van der Waals surface area contributed by atoms with Crippen molar-refractivity contribution >= 4 is 11.8 Å². The predicted octanol–water partition coefficient (Wildman–Crippen LogP) is 3.43. The summed E-state index contributed by atoms with van der Waals surface area (Å²) in [7, 11) is 1.61. The van der Waals surface area contributed by atoms with Crippen LogP contribution < -0.4 is 15.4 Å². The Labute approximate surface area is 185 Å².